The fourth-order valence-electron chi connectivity index (χ4n) is 3.15. The topological polar surface area (TPSA) is 100 Å². The Hall–Kier alpha value is -4.09. The zero-order valence-corrected chi connectivity index (χ0v) is 19.2. The van der Waals surface area contributed by atoms with Gasteiger partial charge in [-0.1, -0.05) is 24.3 Å². The maximum atomic E-state index is 12.1. The first kappa shape index (κ1) is 22.1. The van der Waals surface area contributed by atoms with Gasteiger partial charge in [-0.3, -0.25) is 4.79 Å². The monoisotopic (exact) mass is 502 g/mol. The molecule has 1 heterocycles. The van der Waals surface area contributed by atoms with E-state index in [1.54, 1.807) is 37.5 Å². The van der Waals surface area contributed by atoms with Crippen LogP contribution in [0.3, 0.4) is 0 Å². The third kappa shape index (κ3) is 5.40. The van der Waals surface area contributed by atoms with Gasteiger partial charge in [-0.05, 0) is 64.0 Å². The molecular formula is C25H19BrN4O3. The number of allylic oxidation sites excluding steroid dienone is 1. The zero-order chi connectivity index (χ0) is 23.2. The van der Waals surface area contributed by atoms with Crippen LogP contribution in [0.2, 0.25) is 0 Å². The van der Waals surface area contributed by atoms with Crippen LogP contribution in [0.5, 0.6) is 11.5 Å². The summed E-state index contributed by atoms with van der Waals surface area (Å²) in [6, 6.07) is 22.2. The molecule has 0 radical (unpaired) electrons. The minimum atomic E-state index is -0.259. The number of amides is 1. The summed E-state index contributed by atoms with van der Waals surface area (Å²) in [6.07, 6.45) is 1.73. The maximum absolute atomic E-state index is 12.1. The normalized spacial score (nSPS) is 11.1. The van der Waals surface area contributed by atoms with Gasteiger partial charge >= 0.3 is 0 Å². The molecule has 0 aliphatic heterocycles. The van der Waals surface area contributed by atoms with Crippen molar-refractivity contribution in [1.29, 1.82) is 5.26 Å². The molecule has 2 N–H and O–H groups in total. The number of hydrogen-bond acceptors (Lipinski definition) is 5. The SMILES string of the molecule is COc1ccc2nc(/C(C#N)=C\c3ccc(OCC(=O)Nc4ccccc4)c(Br)c3)[nH]c2c1. The highest BCUT2D eigenvalue weighted by Crippen LogP contribution is 2.28. The highest BCUT2D eigenvalue weighted by Gasteiger charge is 2.11. The molecule has 33 heavy (non-hydrogen) atoms. The van der Waals surface area contributed by atoms with Gasteiger partial charge in [-0.15, -0.1) is 0 Å². The average molecular weight is 503 g/mol. The first-order valence-electron chi connectivity index (χ1n) is 9.99. The molecule has 1 amide bonds. The molecule has 0 spiro atoms. The number of rotatable bonds is 7. The molecule has 8 heteroatoms. The Morgan fingerprint density at radius 1 is 1.18 bits per heavy atom. The van der Waals surface area contributed by atoms with Crippen molar-refractivity contribution in [3.05, 3.63) is 82.6 Å². The number of carbonyl (C=O) groups is 1. The Labute approximate surface area is 198 Å². The van der Waals surface area contributed by atoms with Crippen LogP contribution in [-0.2, 0) is 4.79 Å². The number of halogens is 1. The average Bonchev–Trinajstić information content (AvgIpc) is 3.25. The van der Waals surface area contributed by atoms with Gasteiger partial charge in [0.25, 0.3) is 5.91 Å². The summed E-state index contributed by atoms with van der Waals surface area (Å²) in [7, 11) is 1.60. The smallest absolute Gasteiger partial charge is 0.262 e. The number of nitrogens with zero attached hydrogens (tertiary/aromatic N) is 2. The van der Waals surface area contributed by atoms with E-state index in [9.17, 15) is 10.1 Å². The molecule has 164 valence electrons. The second-order valence-corrected chi connectivity index (χ2v) is 7.89. The van der Waals surface area contributed by atoms with E-state index < -0.39 is 0 Å². The molecule has 3 aromatic carbocycles. The Kier molecular flexibility index (Phi) is 6.72. The number of H-pyrrole nitrogens is 1. The number of fused-ring (bicyclic) bond motifs is 1. The minimum absolute atomic E-state index is 0.130. The number of imidazole rings is 1. The van der Waals surface area contributed by atoms with E-state index in [4.69, 9.17) is 9.47 Å². The highest BCUT2D eigenvalue weighted by atomic mass is 79.9. The number of nitriles is 1. The Morgan fingerprint density at radius 3 is 2.73 bits per heavy atom. The van der Waals surface area contributed by atoms with Crippen molar-refractivity contribution in [2.24, 2.45) is 0 Å². The largest absolute Gasteiger partial charge is 0.497 e. The third-order valence-electron chi connectivity index (χ3n) is 4.75. The molecule has 1 aromatic heterocycles. The fraction of sp³-hybridized carbons (Fsp3) is 0.0800. The van der Waals surface area contributed by atoms with Crippen molar-refractivity contribution in [2.75, 3.05) is 19.0 Å². The highest BCUT2D eigenvalue weighted by molar-refractivity contribution is 9.10. The summed E-state index contributed by atoms with van der Waals surface area (Å²) in [5.41, 5.74) is 3.39. The Balaban J connectivity index is 1.47. The number of nitrogens with one attached hydrogen (secondary N) is 2. The number of methoxy groups -OCH3 is 1. The molecular weight excluding hydrogens is 484 g/mol. The molecule has 7 nitrogen and oxygen atoms in total. The number of carbonyl (C=O) groups excluding carboxylic acids is 1. The lowest BCUT2D eigenvalue weighted by molar-refractivity contribution is -0.118. The number of aromatic amines is 1. The predicted molar refractivity (Wildman–Crippen MR) is 131 cm³/mol. The van der Waals surface area contributed by atoms with Gasteiger partial charge in [0.05, 0.1) is 28.2 Å². The summed E-state index contributed by atoms with van der Waals surface area (Å²) < 4.78 is 11.5. The summed E-state index contributed by atoms with van der Waals surface area (Å²) in [4.78, 5) is 19.8. The fourth-order valence-corrected chi connectivity index (χ4v) is 3.66. The molecule has 0 bridgehead atoms. The number of ether oxygens (including phenoxy) is 2. The molecule has 4 rings (SSSR count). The van der Waals surface area contributed by atoms with E-state index >= 15 is 0 Å². The lowest BCUT2D eigenvalue weighted by atomic mass is 10.1. The van der Waals surface area contributed by atoms with Crippen molar-refractivity contribution >= 4 is 50.2 Å². The van der Waals surface area contributed by atoms with Crippen LogP contribution in [0.1, 0.15) is 11.4 Å². The Bertz CT molecular complexity index is 1370. The van der Waals surface area contributed by atoms with Gasteiger partial charge < -0.3 is 19.8 Å². The van der Waals surface area contributed by atoms with Crippen LogP contribution in [-0.4, -0.2) is 29.6 Å². The van der Waals surface area contributed by atoms with Gasteiger partial charge in [0.1, 0.15) is 23.4 Å². The lowest BCUT2D eigenvalue weighted by Gasteiger charge is -2.09. The number of anilines is 1. The first-order chi connectivity index (χ1) is 16.1. The summed E-state index contributed by atoms with van der Waals surface area (Å²) in [5, 5.41) is 12.4. The molecule has 0 aliphatic rings. The number of hydrogen-bond donors (Lipinski definition) is 2. The summed E-state index contributed by atoms with van der Waals surface area (Å²) in [6.45, 7) is -0.130. The van der Waals surface area contributed by atoms with Gasteiger partial charge in [-0.2, -0.15) is 5.26 Å². The lowest BCUT2D eigenvalue weighted by Crippen LogP contribution is -2.20. The predicted octanol–water partition coefficient (Wildman–Crippen LogP) is 5.42. The quantitative estimate of drug-likeness (QED) is 0.329. The van der Waals surface area contributed by atoms with Crippen LogP contribution in [0.25, 0.3) is 22.7 Å². The molecule has 0 atom stereocenters. The maximum Gasteiger partial charge on any atom is 0.262 e. The minimum Gasteiger partial charge on any atom is -0.497 e. The molecule has 0 fully saturated rings. The number of para-hydroxylation sites is 1. The van der Waals surface area contributed by atoms with E-state index in [2.05, 4.69) is 37.3 Å². The van der Waals surface area contributed by atoms with E-state index in [1.165, 1.54) is 0 Å². The van der Waals surface area contributed by atoms with Gasteiger partial charge in [0.2, 0.25) is 0 Å². The zero-order valence-electron chi connectivity index (χ0n) is 17.6. The van der Waals surface area contributed by atoms with E-state index in [0.717, 1.165) is 16.6 Å². The van der Waals surface area contributed by atoms with Crippen LogP contribution in [0.4, 0.5) is 5.69 Å². The summed E-state index contributed by atoms with van der Waals surface area (Å²) >= 11 is 3.47. The second-order valence-electron chi connectivity index (χ2n) is 7.03. The van der Waals surface area contributed by atoms with E-state index in [-0.39, 0.29) is 12.5 Å². The summed E-state index contributed by atoms with van der Waals surface area (Å²) in [5.74, 6) is 1.43. The molecule has 4 aromatic rings. The van der Waals surface area contributed by atoms with Crippen molar-refractivity contribution in [3.8, 4) is 17.6 Å². The van der Waals surface area contributed by atoms with Gasteiger partial charge in [-0.25, -0.2) is 4.98 Å². The molecule has 0 unspecified atom stereocenters. The second kappa shape index (κ2) is 10.0. The molecule has 0 aliphatic carbocycles. The van der Waals surface area contributed by atoms with Crippen LogP contribution >= 0.6 is 15.9 Å². The van der Waals surface area contributed by atoms with E-state index in [0.29, 0.717) is 33.1 Å². The van der Waals surface area contributed by atoms with Crippen molar-refractivity contribution < 1.29 is 14.3 Å². The number of benzene rings is 3. The van der Waals surface area contributed by atoms with Gasteiger partial charge in [0, 0.05) is 11.8 Å². The first-order valence-corrected chi connectivity index (χ1v) is 10.8. The van der Waals surface area contributed by atoms with Crippen molar-refractivity contribution in [3.63, 3.8) is 0 Å². The van der Waals surface area contributed by atoms with E-state index in [1.807, 2.05) is 42.5 Å². The van der Waals surface area contributed by atoms with Crippen LogP contribution in [0, 0.1) is 11.3 Å². The number of aromatic nitrogens is 2. The third-order valence-corrected chi connectivity index (χ3v) is 5.37. The van der Waals surface area contributed by atoms with Crippen LogP contribution < -0.4 is 14.8 Å². The van der Waals surface area contributed by atoms with Crippen molar-refractivity contribution in [1.82, 2.24) is 9.97 Å². The molecule has 0 saturated carbocycles. The van der Waals surface area contributed by atoms with Crippen LogP contribution in [0.15, 0.2) is 71.2 Å². The standard InChI is InChI=1S/C25H19BrN4O3/c1-32-19-8-9-21-22(13-19)30-25(29-21)17(14-27)11-16-7-10-23(20(26)12-16)33-15-24(31)28-18-5-3-2-4-6-18/h2-13H,15H2,1H3,(H,28,31)(H,29,30)/b17-11-. The van der Waals surface area contributed by atoms with Gasteiger partial charge in [0.15, 0.2) is 6.61 Å². The Morgan fingerprint density at radius 2 is 2.00 bits per heavy atom. The molecule has 0 saturated heterocycles. The van der Waals surface area contributed by atoms with Crippen molar-refractivity contribution in [2.45, 2.75) is 0 Å².